The van der Waals surface area contributed by atoms with Crippen LogP contribution in [0.2, 0.25) is 0 Å². The number of amides is 2. The van der Waals surface area contributed by atoms with E-state index in [0.29, 0.717) is 5.69 Å². The summed E-state index contributed by atoms with van der Waals surface area (Å²) < 4.78 is 18.8. The molecule has 2 amide bonds. The molecule has 1 N–H and O–H groups in total. The highest BCUT2D eigenvalue weighted by Gasteiger charge is 2.24. The van der Waals surface area contributed by atoms with Gasteiger partial charge < -0.3 is 19.5 Å². The van der Waals surface area contributed by atoms with Crippen molar-refractivity contribution in [3.05, 3.63) is 83.6 Å². The molecule has 6 nitrogen and oxygen atoms in total. The van der Waals surface area contributed by atoms with E-state index in [1.165, 1.54) is 18.4 Å². The van der Waals surface area contributed by atoms with Gasteiger partial charge in [0.15, 0.2) is 5.76 Å². The number of hydrogen-bond acceptors (Lipinski definition) is 4. The van der Waals surface area contributed by atoms with Crippen molar-refractivity contribution in [1.29, 1.82) is 0 Å². The lowest BCUT2D eigenvalue weighted by Gasteiger charge is -2.26. The molecule has 2 aromatic carbocycles. The lowest BCUT2D eigenvalue weighted by molar-refractivity contribution is -0.119. The molecule has 178 valence electrons. The van der Waals surface area contributed by atoms with E-state index in [4.69, 9.17) is 4.42 Å². The molecule has 0 unspecified atom stereocenters. The zero-order valence-corrected chi connectivity index (χ0v) is 19.6. The van der Waals surface area contributed by atoms with Gasteiger partial charge in [0.25, 0.3) is 5.91 Å². The lowest BCUT2D eigenvalue weighted by Crippen LogP contribution is -2.30. The van der Waals surface area contributed by atoms with Crippen LogP contribution in [0.15, 0.2) is 65.3 Å². The van der Waals surface area contributed by atoms with Gasteiger partial charge in [-0.2, -0.15) is 0 Å². The number of anilines is 2. The van der Waals surface area contributed by atoms with Crippen LogP contribution < -0.4 is 10.2 Å². The number of furan rings is 1. The summed E-state index contributed by atoms with van der Waals surface area (Å²) in [5.74, 6) is -0.241. The van der Waals surface area contributed by atoms with Crippen LogP contribution in [-0.2, 0) is 17.9 Å². The maximum atomic E-state index is 13.4. The SMILES string of the molecule is CN(C)c1ccc(NC(=O)C2CCCC2)cc1CN(Cc1ccc(F)cc1)C(=O)c1ccco1. The van der Waals surface area contributed by atoms with Crippen LogP contribution in [0.4, 0.5) is 15.8 Å². The first-order valence-electron chi connectivity index (χ1n) is 11.6. The Morgan fingerprint density at radius 3 is 2.41 bits per heavy atom. The molecular weight excluding hydrogens is 433 g/mol. The third kappa shape index (κ3) is 5.65. The zero-order chi connectivity index (χ0) is 24.1. The highest BCUT2D eigenvalue weighted by molar-refractivity contribution is 5.93. The molecule has 1 aliphatic rings. The minimum absolute atomic E-state index is 0.0517. The zero-order valence-electron chi connectivity index (χ0n) is 19.6. The predicted octanol–water partition coefficient (Wildman–Crippen LogP) is 5.46. The molecule has 4 rings (SSSR count). The van der Waals surface area contributed by atoms with Gasteiger partial charge in [0.05, 0.1) is 6.26 Å². The smallest absolute Gasteiger partial charge is 0.290 e. The van der Waals surface area contributed by atoms with Gasteiger partial charge >= 0.3 is 0 Å². The Balaban J connectivity index is 1.61. The first-order valence-corrected chi connectivity index (χ1v) is 11.6. The van der Waals surface area contributed by atoms with Gasteiger partial charge in [0.1, 0.15) is 5.82 Å². The van der Waals surface area contributed by atoms with Crippen LogP contribution in [0.25, 0.3) is 0 Å². The second-order valence-corrected chi connectivity index (χ2v) is 8.97. The largest absolute Gasteiger partial charge is 0.459 e. The fourth-order valence-corrected chi connectivity index (χ4v) is 4.43. The van der Waals surface area contributed by atoms with Crippen molar-refractivity contribution < 1.29 is 18.4 Å². The van der Waals surface area contributed by atoms with Crippen molar-refractivity contribution in [2.24, 2.45) is 5.92 Å². The molecule has 1 aliphatic carbocycles. The lowest BCUT2D eigenvalue weighted by atomic mass is 10.1. The first kappa shape index (κ1) is 23.5. The maximum Gasteiger partial charge on any atom is 0.290 e. The number of halogens is 1. The van der Waals surface area contributed by atoms with Crippen molar-refractivity contribution in [1.82, 2.24) is 4.90 Å². The summed E-state index contributed by atoms with van der Waals surface area (Å²) in [5, 5.41) is 3.06. The summed E-state index contributed by atoms with van der Waals surface area (Å²) in [6.07, 6.45) is 5.51. The average molecular weight is 464 g/mol. The van der Waals surface area contributed by atoms with Crippen molar-refractivity contribution in [2.45, 2.75) is 38.8 Å². The number of hydrogen-bond donors (Lipinski definition) is 1. The van der Waals surface area contributed by atoms with Gasteiger partial charge in [-0.15, -0.1) is 0 Å². The van der Waals surface area contributed by atoms with Gasteiger partial charge in [-0.1, -0.05) is 25.0 Å². The van der Waals surface area contributed by atoms with Crippen molar-refractivity contribution in [3.8, 4) is 0 Å². The van der Waals surface area contributed by atoms with Crippen LogP contribution in [0.1, 0.15) is 47.4 Å². The molecule has 7 heteroatoms. The van der Waals surface area contributed by atoms with E-state index in [1.807, 2.05) is 37.2 Å². The number of benzene rings is 2. The van der Waals surface area contributed by atoms with E-state index in [1.54, 1.807) is 29.2 Å². The van der Waals surface area contributed by atoms with E-state index in [-0.39, 0.29) is 42.4 Å². The molecule has 0 aliphatic heterocycles. The molecule has 1 heterocycles. The minimum Gasteiger partial charge on any atom is -0.459 e. The van der Waals surface area contributed by atoms with Crippen molar-refractivity contribution in [3.63, 3.8) is 0 Å². The average Bonchev–Trinajstić information content (AvgIpc) is 3.54. The molecule has 1 saturated carbocycles. The number of nitrogens with one attached hydrogen (secondary N) is 1. The van der Waals surface area contributed by atoms with Gasteiger partial charge in [0, 0.05) is 44.5 Å². The maximum absolute atomic E-state index is 13.4. The number of carbonyl (C=O) groups excluding carboxylic acids is 2. The summed E-state index contributed by atoms with van der Waals surface area (Å²) >= 11 is 0. The molecule has 0 atom stereocenters. The molecule has 0 spiro atoms. The van der Waals surface area contributed by atoms with E-state index in [2.05, 4.69) is 5.32 Å². The van der Waals surface area contributed by atoms with E-state index in [9.17, 15) is 14.0 Å². The normalized spacial score (nSPS) is 13.6. The van der Waals surface area contributed by atoms with Gasteiger partial charge in [-0.3, -0.25) is 9.59 Å². The van der Waals surface area contributed by atoms with Crippen LogP contribution in [-0.4, -0.2) is 30.8 Å². The summed E-state index contributed by atoms with van der Waals surface area (Å²) in [7, 11) is 3.88. The summed E-state index contributed by atoms with van der Waals surface area (Å²) in [5.41, 5.74) is 3.34. The van der Waals surface area contributed by atoms with Crippen molar-refractivity contribution in [2.75, 3.05) is 24.3 Å². The van der Waals surface area contributed by atoms with Crippen LogP contribution in [0.5, 0.6) is 0 Å². The van der Waals surface area contributed by atoms with Gasteiger partial charge in [-0.25, -0.2) is 4.39 Å². The second-order valence-electron chi connectivity index (χ2n) is 8.97. The van der Waals surface area contributed by atoms with Gasteiger partial charge in [0.2, 0.25) is 5.91 Å². The van der Waals surface area contributed by atoms with Crippen LogP contribution >= 0.6 is 0 Å². The molecule has 1 aromatic heterocycles. The number of carbonyl (C=O) groups is 2. The van der Waals surface area contributed by atoms with E-state index < -0.39 is 0 Å². The Bertz CT molecular complexity index is 1120. The standard InChI is InChI=1S/C27H30FN3O3/c1-30(2)24-14-13-23(29-26(32)20-6-3-4-7-20)16-21(24)18-31(27(33)25-8-5-15-34-25)17-19-9-11-22(28)12-10-19/h5,8-16,20H,3-4,6-7,17-18H2,1-2H3,(H,29,32). The van der Waals surface area contributed by atoms with E-state index >= 15 is 0 Å². The summed E-state index contributed by atoms with van der Waals surface area (Å²) in [6.45, 7) is 0.572. The minimum atomic E-state index is -0.326. The number of rotatable bonds is 8. The molecular formula is C27H30FN3O3. The van der Waals surface area contributed by atoms with Crippen molar-refractivity contribution >= 4 is 23.2 Å². The quantitative estimate of drug-likeness (QED) is 0.482. The van der Waals surface area contributed by atoms with Crippen LogP contribution in [0.3, 0.4) is 0 Å². The predicted molar refractivity (Wildman–Crippen MR) is 130 cm³/mol. The summed E-state index contributed by atoms with van der Waals surface area (Å²) in [4.78, 5) is 29.6. The molecule has 34 heavy (non-hydrogen) atoms. The Hall–Kier alpha value is -3.61. The Labute approximate surface area is 199 Å². The fraction of sp³-hybridized carbons (Fsp3) is 0.333. The second kappa shape index (κ2) is 10.5. The number of nitrogens with zero attached hydrogens (tertiary/aromatic N) is 2. The molecule has 3 aromatic rings. The Kier molecular flexibility index (Phi) is 7.30. The molecule has 0 saturated heterocycles. The Morgan fingerprint density at radius 2 is 1.76 bits per heavy atom. The Morgan fingerprint density at radius 1 is 1.03 bits per heavy atom. The highest BCUT2D eigenvalue weighted by Crippen LogP contribution is 2.29. The third-order valence-electron chi connectivity index (χ3n) is 6.22. The molecule has 0 bridgehead atoms. The highest BCUT2D eigenvalue weighted by atomic mass is 19.1. The molecule has 0 radical (unpaired) electrons. The third-order valence-corrected chi connectivity index (χ3v) is 6.22. The fourth-order valence-electron chi connectivity index (χ4n) is 4.43. The summed E-state index contributed by atoms with van der Waals surface area (Å²) in [6, 6.07) is 15.2. The first-order chi connectivity index (χ1) is 16.4. The topological polar surface area (TPSA) is 65.8 Å². The van der Waals surface area contributed by atoms with E-state index in [0.717, 1.165) is 42.5 Å². The van der Waals surface area contributed by atoms with Crippen LogP contribution in [0, 0.1) is 11.7 Å². The molecule has 1 fully saturated rings. The van der Waals surface area contributed by atoms with Gasteiger partial charge in [-0.05, 0) is 66.4 Å². The monoisotopic (exact) mass is 463 g/mol.